The van der Waals surface area contributed by atoms with Crippen molar-refractivity contribution in [2.45, 2.75) is 34.1 Å². The molecule has 0 radical (unpaired) electrons. The molecule has 1 aromatic carbocycles. The van der Waals surface area contributed by atoms with Crippen LogP contribution in [0.1, 0.15) is 31.4 Å². The number of nitrogens with one attached hydrogen (secondary N) is 1. The summed E-state index contributed by atoms with van der Waals surface area (Å²) in [6.45, 7) is 12.1. The largest absolute Gasteiger partial charge is 0.373 e. The van der Waals surface area contributed by atoms with E-state index in [0.29, 0.717) is 0 Å². The average Bonchev–Trinajstić information content (AvgIpc) is 2.26. The van der Waals surface area contributed by atoms with E-state index < -0.39 is 0 Å². The lowest BCUT2D eigenvalue weighted by Gasteiger charge is -2.21. The van der Waals surface area contributed by atoms with Crippen LogP contribution in [0.25, 0.3) is 0 Å². The minimum Gasteiger partial charge on any atom is -0.373 e. The van der Waals surface area contributed by atoms with Crippen LogP contribution in [0, 0.1) is 19.8 Å². The number of aryl methyl sites for hydroxylation is 2. The maximum Gasteiger partial charge on any atom is 0.0369 e. The number of hydrogen-bond acceptors (Lipinski definition) is 2. The second-order valence-corrected chi connectivity index (χ2v) is 5.70. The monoisotopic (exact) mass is 248 g/mol. The van der Waals surface area contributed by atoms with Crippen LogP contribution in [0.15, 0.2) is 18.2 Å². The van der Waals surface area contributed by atoms with Crippen molar-refractivity contribution in [2.75, 3.05) is 31.6 Å². The molecule has 0 amide bonds. The van der Waals surface area contributed by atoms with Crippen molar-refractivity contribution in [1.82, 2.24) is 5.32 Å². The van der Waals surface area contributed by atoms with Gasteiger partial charge in [-0.1, -0.05) is 19.9 Å². The predicted molar refractivity (Wildman–Crippen MR) is 81.5 cm³/mol. The van der Waals surface area contributed by atoms with Crippen LogP contribution in [-0.4, -0.2) is 26.7 Å². The van der Waals surface area contributed by atoms with E-state index in [2.05, 4.69) is 63.2 Å². The topological polar surface area (TPSA) is 15.3 Å². The fraction of sp³-hybridized carbons (Fsp3) is 0.625. The smallest absolute Gasteiger partial charge is 0.0369 e. The Hall–Kier alpha value is -1.02. The number of hydrogen-bond donors (Lipinski definition) is 1. The Labute approximate surface area is 112 Å². The number of rotatable bonds is 7. The second kappa shape index (κ2) is 7.42. The third-order valence-electron chi connectivity index (χ3n) is 3.17. The van der Waals surface area contributed by atoms with Crippen LogP contribution < -0.4 is 10.2 Å². The molecule has 1 aromatic rings. The second-order valence-electron chi connectivity index (χ2n) is 5.70. The van der Waals surface area contributed by atoms with E-state index in [0.717, 1.165) is 25.6 Å². The lowest BCUT2D eigenvalue weighted by atomic mass is 10.1. The number of likely N-dealkylation sites (N-methyl/N-ethyl adjacent to an activating group) is 1. The summed E-state index contributed by atoms with van der Waals surface area (Å²) in [5.41, 5.74) is 3.99. The fourth-order valence-electron chi connectivity index (χ4n) is 2.06. The summed E-state index contributed by atoms with van der Waals surface area (Å²) in [6.07, 6.45) is 1.26. The molecule has 0 bridgehead atoms. The van der Waals surface area contributed by atoms with E-state index in [1.54, 1.807) is 0 Å². The highest BCUT2D eigenvalue weighted by molar-refractivity contribution is 5.50. The Balaban J connectivity index is 2.34. The van der Waals surface area contributed by atoms with Crippen LogP contribution in [0.5, 0.6) is 0 Å². The molecule has 0 heterocycles. The van der Waals surface area contributed by atoms with Crippen LogP contribution in [0.4, 0.5) is 5.69 Å². The Morgan fingerprint density at radius 3 is 2.22 bits per heavy atom. The Bertz CT molecular complexity index is 338. The van der Waals surface area contributed by atoms with E-state index in [4.69, 9.17) is 0 Å². The molecular formula is C16H28N2. The Kier molecular flexibility index (Phi) is 6.20. The first-order valence-corrected chi connectivity index (χ1v) is 6.99. The number of benzene rings is 1. The fourth-order valence-corrected chi connectivity index (χ4v) is 2.06. The maximum absolute atomic E-state index is 3.50. The molecule has 1 rings (SSSR count). The van der Waals surface area contributed by atoms with Gasteiger partial charge in [-0.05, 0) is 56.0 Å². The third kappa shape index (κ3) is 5.54. The van der Waals surface area contributed by atoms with E-state index in [9.17, 15) is 0 Å². The van der Waals surface area contributed by atoms with E-state index in [-0.39, 0.29) is 0 Å². The first kappa shape index (κ1) is 15.0. The van der Waals surface area contributed by atoms with Gasteiger partial charge in [-0.15, -0.1) is 0 Å². The van der Waals surface area contributed by atoms with Crippen molar-refractivity contribution in [3.8, 4) is 0 Å². The summed E-state index contributed by atoms with van der Waals surface area (Å²) in [7, 11) is 2.17. The van der Waals surface area contributed by atoms with Crippen molar-refractivity contribution in [2.24, 2.45) is 5.92 Å². The highest BCUT2D eigenvalue weighted by Crippen LogP contribution is 2.16. The molecule has 0 aliphatic heterocycles. The molecule has 0 unspecified atom stereocenters. The van der Waals surface area contributed by atoms with Gasteiger partial charge >= 0.3 is 0 Å². The lowest BCUT2D eigenvalue weighted by molar-refractivity contribution is 0.539. The minimum atomic E-state index is 0.787. The molecule has 0 spiro atoms. The van der Waals surface area contributed by atoms with Gasteiger partial charge in [0.25, 0.3) is 0 Å². The highest BCUT2D eigenvalue weighted by Gasteiger charge is 2.02. The summed E-state index contributed by atoms with van der Waals surface area (Å²) in [6, 6.07) is 6.72. The molecule has 102 valence electrons. The Morgan fingerprint density at radius 2 is 1.67 bits per heavy atom. The third-order valence-corrected chi connectivity index (χ3v) is 3.17. The van der Waals surface area contributed by atoms with Gasteiger partial charge in [0.05, 0.1) is 0 Å². The zero-order valence-electron chi connectivity index (χ0n) is 12.6. The SMILES string of the molecule is Cc1cc(C)cc(N(C)CCNCCC(C)C)c1. The van der Waals surface area contributed by atoms with Gasteiger partial charge in [0.1, 0.15) is 0 Å². The van der Waals surface area contributed by atoms with Gasteiger partial charge in [-0.2, -0.15) is 0 Å². The van der Waals surface area contributed by atoms with E-state index >= 15 is 0 Å². The van der Waals surface area contributed by atoms with Crippen LogP contribution in [-0.2, 0) is 0 Å². The zero-order valence-corrected chi connectivity index (χ0v) is 12.6. The molecule has 2 heteroatoms. The Morgan fingerprint density at radius 1 is 1.06 bits per heavy atom. The quantitative estimate of drug-likeness (QED) is 0.744. The highest BCUT2D eigenvalue weighted by atomic mass is 15.1. The predicted octanol–water partition coefficient (Wildman–Crippen LogP) is 3.38. The molecule has 0 saturated heterocycles. The number of nitrogens with zero attached hydrogens (tertiary/aromatic N) is 1. The van der Waals surface area contributed by atoms with Gasteiger partial charge in [-0.3, -0.25) is 0 Å². The maximum atomic E-state index is 3.50. The number of anilines is 1. The molecule has 0 atom stereocenters. The van der Waals surface area contributed by atoms with Gasteiger partial charge in [0.2, 0.25) is 0 Å². The normalized spacial score (nSPS) is 11.0. The molecule has 2 nitrogen and oxygen atoms in total. The molecule has 0 fully saturated rings. The molecule has 18 heavy (non-hydrogen) atoms. The van der Waals surface area contributed by atoms with Crippen LogP contribution in [0.3, 0.4) is 0 Å². The van der Waals surface area contributed by atoms with Gasteiger partial charge in [0.15, 0.2) is 0 Å². The van der Waals surface area contributed by atoms with Crippen LogP contribution in [0.2, 0.25) is 0 Å². The zero-order chi connectivity index (χ0) is 13.5. The summed E-state index contributed by atoms with van der Waals surface area (Å²) in [4.78, 5) is 2.32. The first-order valence-electron chi connectivity index (χ1n) is 6.99. The van der Waals surface area contributed by atoms with Crippen molar-refractivity contribution in [1.29, 1.82) is 0 Å². The van der Waals surface area contributed by atoms with Gasteiger partial charge < -0.3 is 10.2 Å². The van der Waals surface area contributed by atoms with Crippen LogP contribution >= 0.6 is 0 Å². The molecule has 0 saturated carbocycles. The molecule has 1 N–H and O–H groups in total. The summed E-state index contributed by atoms with van der Waals surface area (Å²) >= 11 is 0. The average molecular weight is 248 g/mol. The standard InChI is InChI=1S/C16H28N2/c1-13(2)6-7-17-8-9-18(5)16-11-14(3)10-15(4)12-16/h10-13,17H,6-9H2,1-5H3. The van der Waals surface area contributed by atoms with Crippen molar-refractivity contribution < 1.29 is 0 Å². The molecular weight excluding hydrogens is 220 g/mol. The lowest BCUT2D eigenvalue weighted by Crippen LogP contribution is -2.30. The van der Waals surface area contributed by atoms with Crippen molar-refractivity contribution >= 4 is 5.69 Å². The molecule has 0 aliphatic carbocycles. The minimum absolute atomic E-state index is 0.787. The van der Waals surface area contributed by atoms with E-state index in [1.165, 1.54) is 23.2 Å². The van der Waals surface area contributed by atoms with Crippen molar-refractivity contribution in [3.05, 3.63) is 29.3 Å². The van der Waals surface area contributed by atoms with Gasteiger partial charge in [0, 0.05) is 25.8 Å². The van der Waals surface area contributed by atoms with Gasteiger partial charge in [-0.25, -0.2) is 0 Å². The summed E-state index contributed by atoms with van der Waals surface area (Å²) in [5.74, 6) is 0.787. The molecule has 0 aliphatic rings. The van der Waals surface area contributed by atoms with E-state index in [1.807, 2.05) is 0 Å². The first-order chi connectivity index (χ1) is 8.49. The summed E-state index contributed by atoms with van der Waals surface area (Å²) < 4.78 is 0. The summed E-state index contributed by atoms with van der Waals surface area (Å²) in [5, 5.41) is 3.50. The van der Waals surface area contributed by atoms with Crippen molar-refractivity contribution in [3.63, 3.8) is 0 Å². The molecule has 0 aromatic heterocycles.